The molecule has 102 valence electrons. The van der Waals surface area contributed by atoms with E-state index in [1.165, 1.54) is 18.7 Å². The van der Waals surface area contributed by atoms with Crippen LogP contribution in [0.2, 0.25) is 0 Å². The first-order valence-electron chi connectivity index (χ1n) is 6.51. The Balaban J connectivity index is 2.56. The van der Waals surface area contributed by atoms with Gasteiger partial charge in [0.25, 0.3) is 0 Å². The van der Waals surface area contributed by atoms with E-state index in [4.69, 9.17) is 4.74 Å². The maximum atomic E-state index is 13.8. The van der Waals surface area contributed by atoms with Gasteiger partial charge in [-0.2, -0.15) is 0 Å². The van der Waals surface area contributed by atoms with Gasteiger partial charge >= 0.3 is 5.97 Å². The van der Waals surface area contributed by atoms with Gasteiger partial charge in [0, 0.05) is 0 Å². The van der Waals surface area contributed by atoms with Crippen molar-refractivity contribution >= 4 is 5.97 Å². The molecule has 0 N–H and O–H groups in total. The molecular formula is C16H19FO2. The summed E-state index contributed by atoms with van der Waals surface area (Å²) in [5.74, 6) is -0.544. The zero-order valence-electron chi connectivity index (χ0n) is 11.6. The van der Waals surface area contributed by atoms with E-state index in [1.54, 1.807) is 13.0 Å². The topological polar surface area (TPSA) is 26.3 Å². The highest BCUT2D eigenvalue weighted by molar-refractivity contribution is 5.84. The fourth-order valence-corrected chi connectivity index (χ4v) is 2.82. The minimum atomic E-state index is -0.736. The molecule has 0 saturated carbocycles. The van der Waals surface area contributed by atoms with Crippen molar-refractivity contribution in [2.75, 3.05) is 7.11 Å². The molecule has 1 aliphatic rings. The number of ether oxygens (including phenoxy) is 1. The Morgan fingerprint density at radius 3 is 2.68 bits per heavy atom. The van der Waals surface area contributed by atoms with Gasteiger partial charge in [0.2, 0.25) is 0 Å². The first kappa shape index (κ1) is 13.8. The summed E-state index contributed by atoms with van der Waals surface area (Å²) in [5.41, 5.74) is 1.83. The molecule has 19 heavy (non-hydrogen) atoms. The summed E-state index contributed by atoms with van der Waals surface area (Å²) in [6, 6.07) is 4.92. The van der Waals surface area contributed by atoms with E-state index in [0.29, 0.717) is 18.4 Å². The molecule has 2 nitrogen and oxygen atoms in total. The monoisotopic (exact) mass is 262 g/mol. The second kappa shape index (κ2) is 5.16. The van der Waals surface area contributed by atoms with Crippen LogP contribution in [0.1, 0.15) is 37.3 Å². The Labute approximate surface area is 113 Å². The van der Waals surface area contributed by atoms with E-state index in [9.17, 15) is 9.18 Å². The number of carbonyl (C=O) groups is 1. The van der Waals surface area contributed by atoms with E-state index < -0.39 is 5.41 Å². The van der Waals surface area contributed by atoms with Crippen molar-refractivity contribution in [3.05, 3.63) is 46.8 Å². The lowest BCUT2D eigenvalue weighted by Crippen LogP contribution is -2.39. The lowest BCUT2D eigenvalue weighted by atomic mass is 9.69. The third-order valence-electron chi connectivity index (χ3n) is 4.10. The zero-order chi connectivity index (χ0) is 14.0. The van der Waals surface area contributed by atoms with Gasteiger partial charge in [-0.1, -0.05) is 23.8 Å². The number of esters is 1. The third kappa shape index (κ3) is 2.29. The predicted octanol–water partition coefficient (Wildman–Crippen LogP) is 3.68. The van der Waals surface area contributed by atoms with Gasteiger partial charge in [0.05, 0.1) is 12.5 Å². The molecule has 0 radical (unpaired) electrons. The molecule has 1 aliphatic carbocycles. The molecule has 1 aromatic carbocycles. The Kier molecular flexibility index (Phi) is 3.74. The Hall–Kier alpha value is -1.64. The van der Waals surface area contributed by atoms with Crippen molar-refractivity contribution in [2.24, 2.45) is 0 Å². The molecule has 0 aliphatic heterocycles. The standard InChI is InChI=1S/C16H19FO2/c1-11-7-9-16(10-8-11,15(18)19-3)13-5-4-6-14(17)12(13)2/h4-7H,8-10H2,1-3H3. The minimum Gasteiger partial charge on any atom is -0.468 e. The van der Waals surface area contributed by atoms with Crippen LogP contribution in [0.15, 0.2) is 29.8 Å². The lowest BCUT2D eigenvalue weighted by molar-refractivity contribution is -0.148. The van der Waals surface area contributed by atoms with Crippen molar-refractivity contribution in [1.82, 2.24) is 0 Å². The van der Waals surface area contributed by atoms with Gasteiger partial charge in [0.15, 0.2) is 0 Å². The lowest BCUT2D eigenvalue weighted by Gasteiger charge is -2.35. The normalized spacial score (nSPS) is 22.8. The van der Waals surface area contributed by atoms with Gasteiger partial charge in [-0.15, -0.1) is 0 Å². The number of rotatable bonds is 2. The van der Waals surface area contributed by atoms with Gasteiger partial charge < -0.3 is 4.74 Å². The quantitative estimate of drug-likeness (QED) is 0.600. The summed E-state index contributed by atoms with van der Waals surface area (Å²) in [7, 11) is 1.39. The number of halogens is 1. The summed E-state index contributed by atoms with van der Waals surface area (Å²) < 4.78 is 18.8. The van der Waals surface area contributed by atoms with Crippen LogP contribution in [-0.2, 0) is 14.9 Å². The van der Waals surface area contributed by atoms with Crippen molar-refractivity contribution in [2.45, 2.75) is 38.5 Å². The summed E-state index contributed by atoms with van der Waals surface area (Å²) in [6.07, 6.45) is 4.15. The van der Waals surface area contributed by atoms with E-state index in [0.717, 1.165) is 12.0 Å². The molecule has 0 aromatic heterocycles. The fraction of sp³-hybridized carbons (Fsp3) is 0.438. The first-order chi connectivity index (χ1) is 9.01. The van der Waals surface area contributed by atoms with Gasteiger partial charge in [0.1, 0.15) is 5.82 Å². The number of methoxy groups -OCH3 is 1. The van der Waals surface area contributed by atoms with E-state index in [1.807, 2.05) is 6.07 Å². The Bertz CT molecular complexity index is 534. The van der Waals surface area contributed by atoms with Crippen LogP contribution in [0.25, 0.3) is 0 Å². The number of hydrogen-bond acceptors (Lipinski definition) is 2. The summed E-state index contributed by atoms with van der Waals surface area (Å²) in [4.78, 5) is 12.3. The highest BCUT2D eigenvalue weighted by atomic mass is 19.1. The summed E-state index contributed by atoms with van der Waals surface area (Å²) >= 11 is 0. The Morgan fingerprint density at radius 2 is 2.11 bits per heavy atom. The molecule has 0 fully saturated rings. The second-order valence-electron chi connectivity index (χ2n) is 5.24. The molecule has 0 spiro atoms. The van der Waals surface area contributed by atoms with Gasteiger partial charge in [-0.05, 0) is 50.3 Å². The zero-order valence-corrected chi connectivity index (χ0v) is 11.6. The third-order valence-corrected chi connectivity index (χ3v) is 4.10. The van der Waals surface area contributed by atoms with Crippen molar-refractivity contribution in [1.29, 1.82) is 0 Å². The first-order valence-corrected chi connectivity index (χ1v) is 6.51. The molecule has 0 amide bonds. The van der Waals surface area contributed by atoms with Crippen LogP contribution >= 0.6 is 0 Å². The van der Waals surface area contributed by atoms with Crippen LogP contribution in [0.5, 0.6) is 0 Å². The van der Waals surface area contributed by atoms with Gasteiger partial charge in [-0.3, -0.25) is 4.79 Å². The fourth-order valence-electron chi connectivity index (χ4n) is 2.82. The van der Waals surface area contributed by atoms with Crippen molar-refractivity contribution in [3.8, 4) is 0 Å². The molecule has 1 unspecified atom stereocenters. The van der Waals surface area contributed by atoms with E-state index in [-0.39, 0.29) is 11.8 Å². The summed E-state index contributed by atoms with van der Waals surface area (Å²) in [6.45, 7) is 3.78. The average Bonchev–Trinajstić information content (AvgIpc) is 2.42. The minimum absolute atomic E-state index is 0.271. The van der Waals surface area contributed by atoms with Crippen LogP contribution in [-0.4, -0.2) is 13.1 Å². The number of allylic oxidation sites excluding steroid dienone is 2. The average molecular weight is 262 g/mol. The Morgan fingerprint density at radius 1 is 1.37 bits per heavy atom. The predicted molar refractivity (Wildman–Crippen MR) is 72.4 cm³/mol. The molecule has 0 saturated heterocycles. The summed E-state index contributed by atoms with van der Waals surface area (Å²) in [5, 5.41) is 0. The molecule has 2 rings (SSSR count). The van der Waals surface area contributed by atoms with Crippen LogP contribution in [0, 0.1) is 12.7 Å². The molecular weight excluding hydrogens is 243 g/mol. The second-order valence-corrected chi connectivity index (χ2v) is 5.24. The molecule has 1 atom stereocenters. The highest BCUT2D eigenvalue weighted by Crippen LogP contribution is 2.41. The SMILES string of the molecule is COC(=O)C1(c2cccc(F)c2C)CC=C(C)CC1. The molecule has 3 heteroatoms. The molecule has 0 heterocycles. The largest absolute Gasteiger partial charge is 0.468 e. The molecule has 0 bridgehead atoms. The van der Waals surface area contributed by atoms with Gasteiger partial charge in [-0.25, -0.2) is 4.39 Å². The van der Waals surface area contributed by atoms with Crippen LogP contribution < -0.4 is 0 Å². The maximum Gasteiger partial charge on any atom is 0.316 e. The smallest absolute Gasteiger partial charge is 0.316 e. The van der Waals surface area contributed by atoms with Crippen molar-refractivity contribution in [3.63, 3.8) is 0 Å². The van der Waals surface area contributed by atoms with Crippen LogP contribution in [0.3, 0.4) is 0 Å². The number of benzene rings is 1. The highest BCUT2D eigenvalue weighted by Gasteiger charge is 2.43. The van der Waals surface area contributed by atoms with E-state index >= 15 is 0 Å². The van der Waals surface area contributed by atoms with Crippen LogP contribution in [0.4, 0.5) is 4.39 Å². The van der Waals surface area contributed by atoms with E-state index in [2.05, 4.69) is 13.0 Å². The number of carbonyl (C=O) groups excluding carboxylic acids is 1. The van der Waals surface area contributed by atoms with Crippen molar-refractivity contribution < 1.29 is 13.9 Å². The molecule has 1 aromatic rings. The maximum absolute atomic E-state index is 13.8. The number of hydrogen-bond donors (Lipinski definition) is 0.